The lowest BCUT2D eigenvalue weighted by Crippen LogP contribution is -2.59. The van der Waals surface area contributed by atoms with Crippen molar-refractivity contribution in [3.63, 3.8) is 0 Å². The zero-order valence-corrected chi connectivity index (χ0v) is 16.3. The maximum absolute atomic E-state index is 13.2. The number of fused-ring (bicyclic) bond motifs is 5. The molecule has 0 heterocycles. The van der Waals surface area contributed by atoms with E-state index in [1.165, 1.54) is 0 Å². The van der Waals surface area contributed by atoms with Crippen molar-refractivity contribution >= 4 is 5.78 Å². The summed E-state index contributed by atoms with van der Waals surface area (Å²) >= 11 is 0. The standard InChI is InChI=1S/C21H32O5/c1-19-7-5-13(22)9-12(19)10-16(23)18-14(19)6-8-20(2)15(18)11-17(24)21(20,25-3)26-4/h10,13-15,17-18,22,24H,5-9,11H2,1-4H3/t13-,14-,15-,17+,18+,19-,20-/m0/s1. The molecule has 3 saturated carbocycles. The number of aliphatic hydroxyl groups is 2. The first-order valence-electron chi connectivity index (χ1n) is 9.95. The van der Waals surface area contributed by atoms with Crippen LogP contribution in [0.15, 0.2) is 11.6 Å². The summed E-state index contributed by atoms with van der Waals surface area (Å²) in [7, 11) is 3.19. The minimum absolute atomic E-state index is 0.0184. The summed E-state index contributed by atoms with van der Waals surface area (Å²) in [6.07, 6.45) is 5.45. The first-order chi connectivity index (χ1) is 12.2. The summed E-state index contributed by atoms with van der Waals surface area (Å²) in [6, 6.07) is 0. The molecule has 5 heteroatoms. The Kier molecular flexibility index (Phi) is 4.20. The number of hydrogen-bond acceptors (Lipinski definition) is 5. The second-order valence-electron chi connectivity index (χ2n) is 9.41. The van der Waals surface area contributed by atoms with Crippen molar-refractivity contribution in [1.29, 1.82) is 0 Å². The molecule has 5 nitrogen and oxygen atoms in total. The van der Waals surface area contributed by atoms with Gasteiger partial charge in [0.05, 0.1) is 6.10 Å². The molecular formula is C21H32O5. The Balaban J connectivity index is 1.77. The smallest absolute Gasteiger partial charge is 0.199 e. The van der Waals surface area contributed by atoms with Gasteiger partial charge in [-0.25, -0.2) is 0 Å². The molecule has 0 aromatic carbocycles. The SMILES string of the molecule is COC1(OC)[C@H](O)C[C@H]2[C@@H]3C(=O)C=C4C[C@@H](O)CC[C@]4(C)[C@H]3CC[C@@]21C. The Morgan fingerprint density at radius 3 is 2.42 bits per heavy atom. The number of allylic oxidation sites excluding steroid dienone is 1. The topological polar surface area (TPSA) is 76.0 Å². The number of ether oxygens (including phenoxy) is 2. The molecule has 146 valence electrons. The minimum atomic E-state index is -1.05. The molecule has 0 unspecified atom stereocenters. The van der Waals surface area contributed by atoms with Crippen LogP contribution in [0, 0.1) is 28.6 Å². The Morgan fingerprint density at radius 2 is 1.77 bits per heavy atom. The predicted molar refractivity (Wildman–Crippen MR) is 96.2 cm³/mol. The summed E-state index contributed by atoms with van der Waals surface area (Å²) in [5.74, 6) is -0.652. The maximum atomic E-state index is 13.2. The van der Waals surface area contributed by atoms with Crippen molar-refractivity contribution in [2.45, 2.75) is 70.4 Å². The monoisotopic (exact) mass is 364 g/mol. The van der Waals surface area contributed by atoms with Gasteiger partial charge >= 0.3 is 0 Å². The van der Waals surface area contributed by atoms with E-state index < -0.39 is 11.9 Å². The number of hydrogen-bond donors (Lipinski definition) is 2. The van der Waals surface area contributed by atoms with Crippen molar-refractivity contribution in [1.82, 2.24) is 0 Å². The van der Waals surface area contributed by atoms with Crippen LogP contribution in [0.1, 0.15) is 52.4 Å². The fraction of sp³-hybridized carbons (Fsp3) is 0.857. The average molecular weight is 364 g/mol. The molecule has 4 aliphatic rings. The first kappa shape index (κ1) is 18.6. The van der Waals surface area contributed by atoms with Crippen LogP contribution >= 0.6 is 0 Å². The molecule has 26 heavy (non-hydrogen) atoms. The second-order valence-corrected chi connectivity index (χ2v) is 9.41. The molecule has 0 saturated heterocycles. The molecule has 0 aromatic heterocycles. The average Bonchev–Trinajstić information content (AvgIpc) is 2.83. The second kappa shape index (κ2) is 5.87. The Bertz CT molecular complexity index is 638. The molecule has 0 aromatic rings. The molecule has 3 fully saturated rings. The van der Waals surface area contributed by atoms with Crippen LogP contribution in [-0.4, -0.2) is 48.2 Å². The van der Waals surface area contributed by atoms with Crippen molar-refractivity contribution in [2.24, 2.45) is 28.6 Å². The molecule has 0 bridgehead atoms. The number of methoxy groups -OCH3 is 2. The van der Waals surface area contributed by atoms with E-state index in [-0.39, 0.29) is 40.5 Å². The summed E-state index contributed by atoms with van der Waals surface area (Å²) < 4.78 is 11.5. The van der Waals surface area contributed by atoms with Gasteiger partial charge in [0.2, 0.25) is 0 Å². The molecule has 0 spiro atoms. The van der Waals surface area contributed by atoms with Gasteiger partial charge in [-0.05, 0) is 61.9 Å². The molecule has 0 radical (unpaired) electrons. The zero-order chi connectivity index (χ0) is 18.9. The van der Waals surface area contributed by atoms with Gasteiger partial charge in [-0.15, -0.1) is 0 Å². The predicted octanol–water partition coefficient (Wildman–Crippen LogP) is 2.45. The normalized spacial score (nSPS) is 49.8. The van der Waals surface area contributed by atoms with Gasteiger partial charge in [0, 0.05) is 25.6 Å². The van der Waals surface area contributed by atoms with Crippen LogP contribution in [0.4, 0.5) is 0 Å². The quantitative estimate of drug-likeness (QED) is 0.736. The van der Waals surface area contributed by atoms with Crippen molar-refractivity contribution in [3.05, 3.63) is 11.6 Å². The van der Waals surface area contributed by atoms with Crippen LogP contribution in [-0.2, 0) is 14.3 Å². The Labute approximate surface area is 155 Å². The zero-order valence-electron chi connectivity index (χ0n) is 16.3. The highest BCUT2D eigenvalue weighted by atomic mass is 16.7. The fourth-order valence-electron chi connectivity index (χ4n) is 7.18. The van der Waals surface area contributed by atoms with Crippen LogP contribution in [0.25, 0.3) is 0 Å². The van der Waals surface area contributed by atoms with E-state index >= 15 is 0 Å². The lowest BCUT2D eigenvalue weighted by Gasteiger charge is -2.58. The molecule has 2 N–H and O–H groups in total. The van der Waals surface area contributed by atoms with Crippen molar-refractivity contribution < 1.29 is 24.5 Å². The third-order valence-corrected chi connectivity index (χ3v) is 8.63. The third kappa shape index (κ3) is 2.09. The first-order valence-corrected chi connectivity index (χ1v) is 9.95. The van der Waals surface area contributed by atoms with Crippen LogP contribution in [0.2, 0.25) is 0 Å². The summed E-state index contributed by atoms with van der Waals surface area (Å²) in [5, 5.41) is 20.9. The van der Waals surface area contributed by atoms with Crippen LogP contribution in [0.3, 0.4) is 0 Å². The van der Waals surface area contributed by atoms with E-state index in [2.05, 4.69) is 13.8 Å². The van der Waals surface area contributed by atoms with Crippen LogP contribution < -0.4 is 0 Å². The lowest BCUT2D eigenvalue weighted by atomic mass is 9.47. The van der Waals surface area contributed by atoms with Gasteiger partial charge in [0.15, 0.2) is 11.6 Å². The fourth-order valence-corrected chi connectivity index (χ4v) is 7.18. The van der Waals surface area contributed by atoms with E-state index in [1.807, 2.05) is 6.08 Å². The molecular weight excluding hydrogens is 332 g/mol. The van der Waals surface area contributed by atoms with E-state index in [0.29, 0.717) is 12.8 Å². The molecule has 7 atom stereocenters. The maximum Gasteiger partial charge on any atom is 0.199 e. The number of aliphatic hydroxyl groups excluding tert-OH is 2. The number of carbonyl (C=O) groups excluding carboxylic acids is 1. The Morgan fingerprint density at radius 1 is 1.08 bits per heavy atom. The van der Waals surface area contributed by atoms with Crippen molar-refractivity contribution in [3.8, 4) is 0 Å². The number of carbonyl (C=O) groups is 1. The van der Waals surface area contributed by atoms with Crippen molar-refractivity contribution in [2.75, 3.05) is 14.2 Å². The minimum Gasteiger partial charge on any atom is -0.393 e. The molecule has 4 aliphatic carbocycles. The van der Waals surface area contributed by atoms with Gasteiger partial charge < -0.3 is 19.7 Å². The van der Waals surface area contributed by atoms with Gasteiger partial charge in [0.25, 0.3) is 0 Å². The molecule has 4 rings (SSSR count). The summed E-state index contributed by atoms with van der Waals surface area (Å²) in [6.45, 7) is 4.40. The highest BCUT2D eigenvalue weighted by Crippen LogP contribution is 2.67. The van der Waals surface area contributed by atoms with Gasteiger partial charge in [-0.3, -0.25) is 4.79 Å². The summed E-state index contributed by atoms with van der Waals surface area (Å²) in [5.41, 5.74) is 0.729. The third-order valence-electron chi connectivity index (χ3n) is 8.63. The summed E-state index contributed by atoms with van der Waals surface area (Å²) in [4.78, 5) is 13.2. The van der Waals surface area contributed by atoms with Gasteiger partial charge in [0.1, 0.15) is 6.10 Å². The van der Waals surface area contributed by atoms with E-state index in [1.54, 1.807) is 14.2 Å². The van der Waals surface area contributed by atoms with Gasteiger partial charge in [-0.1, -0.05) is 19.4 Å². The largest absolute Gasteiger partial charge is 0.393 e. The van der Waals surface area contributed by atoms with E-state index in [4.69, 9.17) is 9.47 Å². The van der Waals surface area contributed by atoms with Gasteiger partial charge in [-0.2, -0.15) is 0 Å². The molecule has 0 amide bonds. The van der Waals surface area contributed by atoms with E-state index in [0.717, 1.165) is 31.3 Å². The Hall–Kier alpha value is -0.750. The highest BCUT2D eigenvalue weighted by Gasteiger charge is 2.70. The lowest BCUT2D eigenvalue weighted by molar-refractivity contribution is -0.305. The highest BCUT2D eigenvalue weighted by molar-refractivity contribution is 5.94. The molecule has 0 aliphatic heterocycles. The van der Waals surface area contributed by atoms with Crippen LogP contribution in [0.5, 0.6) is 0 Å². The number of ketones is 1. The number of rotatable bonds is 2. The van der Waals surface area contributed by atoms with E-state index in [9.17, 15) is 15.0 Å².